The van der Waals surface area contributed by atoms with Crippen LogP contribution < -0.4 is 9.47 Å². The van der Waals surface area contributed by atoms with Crippen LogP contribution >= 0.6 is 0 Å². The van der Waals surface area contributed by atoms with Crippen LogP contribution in [0.25, 0.3) is 0 Å². The van der Waals surface area contributed by atoms with Crippen LogP contribution in [0, 0.1) is 5.82 Å². The van der Waals surface area contributed by atoms with Crippen LogP contribution in [-0.2, 0) is 16.0 Å². The molecule has 0 saturated carbocycles. The number of carbonyl (C=O) groups excluding carboxylic acids is 2. The minimum Gasteiger partial charge on any atom is -0.486 e. The summed E-state index contributed by atoms with van der Waals surface area (Å²) in [5.74, 6) is -0.106. The van der Waals surface area contributed by atoms with E-state index in [1.54, 1.807) is 18.2 Å². The highest BCUT2D eigenvalue weighted by atomic mass is 19.1. The SMILES string of the molecule is C[C@@H](OC(=O)Cc1ccc2c(c1)OCCO2)C(=O)c1ccc(F)cc1. The lowest BCUT2D eigenvalue weighted by Crippen LogP contribution is -2.25. The van der Waals surface area contributed by atoms with Crippen molar-refractivity contribution in [1.29, 1.82) is 0 Å². The van der Waals surface area contributed by atoms with Gasteiger partial charge in [0.05, 0.1) is 6.42 Å². The second-order valence-electron chi connectivity index (χ2n) is 5.66. The molecular weight excluding hydrogens is 327 g/mol. The van der Waals surface area contributed by atoms with Gasteiger partial charge in [0.2, 0.25) is 5.78 Å². The summed E-state index contributed by atoms with van der Waals surface area (Å²) in [5.41, 5.74) is 0.997. The molecule has 1 aliphatic heterocycles. The Bertz CT molecular complexity index is 785. The Morgan fingerprint density at radius 3 is 2.48 bits per heavy atom. The Kier molecular flexibility index (Phi) is 4.97. The van der Waals surface area contributed by atoms with E-state index in [1.165, 1.54) is 31.2 Å². The van der Waals surface area contributed by atoms with Crippen LogP contribution in [0.5, 0.6) is 11.5 Å². The quantitative estimate of drug-likeness (QED) is 0.616. The molecule has 0 amide bonds. The molecule has 25 heavy (non-hydrogen) atoms. The van der Waals surface area contributed by atoms with Crippen LogP contribution in [0.1, 0.15) is 22.8 Å². The van der Waals surface area contributed by atoms with Crippen LogP contribution in [0.15, 0.2) is 42.5 Å². The highest BCUT2D eigenvalue weighted by Gasteiger charge is 2.20. The van der Waals surface area contributed by atoms with E-state index in [9.17, 15) is 14.0 Å². The number of ketones is 1. The number of benzene rings is 2. The van der Waals surface area contributed by atoms with Gasteiger partial charge in [-0.05, 0) is 48.9 Å². The highest BCUT2D eigenvalue weighted by molar-refractivity contribution is 6.00. The molecule has 0 radical (unpaired) electrons. The van der Waals surface area contributed by atoms with Crippen molar-refractivity contribution in [2.45, 2.75) is 19.4 Å². The number of carbonyl (C=O) groups is 2. The molecule has 1 atom stereocenters. The average Bonchev–Trinajstić information content (AvgIpc) is 2.61. The zero-order valence-corrected chi connectivity index (χ0v) is 13.7. The average molecular weight is 344 g/mol. The number of esters is 1. The standard InChI is InChI=1S/C19H17FO5/c1-12(19(22)14-3-5-15(20)6-4-14)25-18(21)11-13-2-7-16-17(10-13)24-9-8-23-16/h2-7,10,12H,8-9,11H2,1H3/t12-/m1/s1. The molecule has 0 N–H and O–H groups in total. The summed E-state index contributed by atoms with van der Waals surface area (Å²) in [6, 6.07) is 10.3. The molecule has 0 fully saturated rings. The Morgan fingerprint density at radius 1 is 1.08 bits per heavy atom. The Hall–Kier alpha value is -2.89. The summed E-state index contributed by atoms with van der Waals surface area (Å²) < 4.78 is 29.0. The van der Waals surface area contributed by atoms with Crippen LogP contribution in [-0.4, -0.2) is 31.1 Å². The second-order valence-corrected chi connectivity index (χ2v) is 5.66. The fraction of sp³-hybridized carbons (Fsp3) is 0.263. The van der Waals surface area contributed by atoms with Gasteiger partial charge in [0.25, 0.3) is 0 Å². The van der Waals surface area contributed by atoms with Gasteiger partial charge in [0.15, 0.2) is 17.6 Å². The maximum atomic E-state index is 12.9. The van der Waals surface area contributed by atoms with E-state index < -0.39 is 17.9 Å². The molecular formula is C19H17FO5. The Morgan fingerprint density at radius 2 is 1.76 bits per heavy atom. The summed E-state index contributed by atoms with van der Waals surface area (Å²) in [4.78, 5) is 24.3. The molecule has 0 saturated heterocycles. The van der Waals surface area contributed by atoms with E-state index in [-0.39, 0.29) is 12.2 Å². The van der Waals surface area contributed by atoms with E-state index in [1.807, 2.05) is 0 Å². The third-order valence-corrected chi connectivity index (χ3v) is 3.76. The highest BCUT2D eigenvalue weighted by Crippen LogP contribution is 2.30. The topological polar surface area (TPSA) is 61.8 Å². The number of fused-ring (bicyclic) bond motifs is 1. The summed E-state index contributed by atoms with van der Waals surface area (Å²) in [6.07, 6.45) is -0.937. The van der Waals surface area contributed by atoms with Gasteiger partial charge in [0, 0.05) is 5.56 Å². The first kappa shape index (κ1) is 17.0. The van der Waals surface area contributed by atoms with Crippen molar-refractivity contribution in [2.75, 3.05) is 13.2 Å². The summed E-state index contributed by atoms with van der Waals surface area (Å²) in [5, 5.41) is 0. The summed E-state index contributed by atoms with van der Waals surface area (Å²) in [6.45, 7) is 2.45. The van der Waals surface area contributed by atoms with Crippen molar-refractivity contribution in [1.82, 2.24) is 0 Å². The predicted octanol–water partition coefficient (Wildman–Crippen LogP) is 2.95. The molecule has 3 rings (SSSR count). The maximum absolute atomic E-state index is 12.9. The molecule has 0 aromatic heterocycles. The molecule has 6 heteroatoms. The molecule has 2 aromatic rings. The summed E-state index contributed by atoms with van der Waals surface area (Å²) in [7, 11) is 0. The molecule has 2 aromatic carbocycles. The van der Waals surface area contributed by atoms with Gasteiger partial charge >= 0.3 is 5.97 Å². The van der Waals surface area contributed by atoms with E-state index >= 15 is 0 Å². The fourth-order valence-corrected chi connectivity index (χ4v) is 2.51. The largest absolute Gasteiger partial charge is 0.486 e. The molecule has 0 spiro atoms. The Balaban J connectivity index is 1.60. The van der Waals surface area contributed by atoms with Crippen LogP contribution in [0.4, 0.5) is 4.39 Å². The van der Waals surface area contributed by atoms with E-state index in [0.717, 1.165) is 0 Å². The van der Waals surface area contributed by atoms with Crippen molar-refractivity contribution in [3.8, 4) is 11.5 Å². The van der Waals surface area contributed by atoms with Gasteiger partial charge in [-0.15, -0.1) is 0 Å². The Labute approximate surface area is 144 Å². The van der Waals surface area contributed by atoms with Crippen molar-refractivity contribution in [2.24, 2.45) is 0 Å². The predicted molar refractivity (Wildman–Crippen MR) is 87.4 cm³/mol. The normalized spacial score (nSPS) is 13.8. The lowest BCUT2D eigenvalue weighted by molar-refractivity contribution is -0.145. The number of hydrogen-bond acceptors (Lipinski definition) is 5. The maximum Gasteiger partial charge on any atom is 0.310 e. The smallest absolute Gasteiger partial charge is 0.310 e. The van der Waals surface area contributed by atoms with E-state index in [4.69, 9.17) is 14.2 Å². The molecule has 1 heterocycles. The zero-order valence-electron chi connectivity index (χ0n) is 13.7. The number of Topliss-reactive ketones (excluding diaryl/α,β-unsaturated/α-hetero) is 1. The van der Waals surface area contributed by atoms with Gasteiger partial charge in [-0.1, -0.05) is 6.07 Å². The summed E-state index contributed by atoms with van der Waals surface area (Å²) >= 11 is 0. The van der Waals surface area contributed by atoms with Crippen molar-refractivity contribution >= 4 is 11.8 Å². The molecule has 0 aliphatic carbocycles. The van der Waals surface area contributed by atoms with Gasteiger partial charge in [-0.2, -0.15) is 0 Å². The van der Waals surface area contributed by atoms with Gasteiger partial charge < -0.3 is 14.2 Å². The minimum atomic E-state index is -0.949. The van der Waals surface area contributed by atoms with Crippen LogP contribution in [0.3, 0.4) is 0 Å². The molecule has 1 aliphatic rings. The fourth-order valence-electron chi connectivity index (χ4n) is 2.51. The van der Waals surface area contributed by atoms with Crippen LogP contribution in [0.2, 0.25) is 0 Å². The zero-order chi connectivity index (χ0) is 17.8. The first-order valence-electron chi connectivity index (χ1n) is 7.91. The molecule has 0 unspecified atom stereocenters. The first-order valence-corrected chi connectivity index (χ1v) is 7.91. The number of halogens is 1. The van der Waals surface area contributed by atoms with Crippen molar-refractivity contribution < 1.29 is 28.2 Å². The monoisotopic (exact) mass is 344 g/mol. The second kappa shape index (κ2) is 7.34. The molecule has 130 valence electrons. The van der Waals surface area contributed by atoms with E-state index in [2.05, 4.69) is 0 Å². The lowest BCUT2D eigenvalue weighted by Gasteiger charge is -2.19. The third-order valence-electron chi connectivity index (χ3n) is 3.76. The minimum absolute atomic E-state index is 0.0116. The first-order chi connectivity index (χ1) is 12.0. The lowest BCUT2D eigenvalue weighted by atomic mass is 10.1. The molecule has 5 nitrogen and oxygen atoms in total. The third kappa shape index (κ3) is 4.15. The molecule has 0 bridgehead atoms. The van der Waals surface area contributed by atoms with Crippen molar-refractivity contribution in [3.05, 3.63) is 59.4 Å². The van der Waals surface area contributed by atoms with E-state index in [0.29, 0.717) is 35.8 Å². The number of ether oxygens (including phenoxy) is 3. The number of hydrogen-bond donors (Lipinski definition) is 0. The van der Waals surface area contributed by atoms with Gasteiger partial charge in [-0.3, -0.25) is 9.59 Å². The van der Waals surface area contributed by atoms with Crippen molar-refractivity contribution in [3.63, 3.8) is 0 Å². The van der Waals surface area contributed by atoms with Gasteiger partial charge in [-0.25, -0.2) is 4.39 Å². The van der Waals surface area contributed by atoms with Gasteiger partial charge in [0.1, 0.15) is 19.0 Å². The number of rotatable bonds is 5.